The Bertz CT molecular complexity index is 1140. The van der Waals surface area contributed by atoms with Gasteiger partial charge in [0.2, 0.25) is 5.28 Å². The molecule has 16 heteroatoms. The normalized spacial score (nSPS) is 26.7. The van der Waals surface area contributed by atoms with Crippen molar-refractivity contribution in [2.24, 2.45) is 5.92 Å². The van der Waals surface area contributed by atoms with E-state index in [1.54, 1.807) is 25.5 Å². The number of hydrogen-bond acceptors (Lipinski definition) is 12. The molecule has 194 valence electrons. The second-order valence-corrected chi connectivity index (χ2v) is 11.4. The molecule has 13 nitrogen and oxygen atoms in total. The summed E-state index contributed by atoms with van der Waals surface area (Å²) in [6.07, 6.45) is -0.439. The summed E-state index contributed by atoms with van der Waals surface area (Å²) < 4.78 is 47.7. The molecular formula is C19H26Cl2N5O8P. The maximum absolute atomic E-state index is 13.0. The lowest BCUT2D eigenvalue weighted by atomic mass is 10.1. The van der Waals surface area contributed by atoms with Gasteiger partial charge in [-0.1, -0.05) is 16.8 Å². The molecule has 0 spiro atoms. The van der Waals surface area contributed by atoms with Gasteiger partial charge in [-0.15, -0.1) is 5.10 Å². The Hall–Kier alpha value is -1.44. The van der Waals surface area contributed by atoms with Gasteiger partial charge in [-0.3, -0.25) is 4.57 Å². The third-order valence-corrected chi connectivity index (χ3v) is 8.26. The van der Waals surface area contributed by atoms with Crippen molar-refractivity contribution in [3.8, 4) is 0 Å². The van der Waals surface area contributed by atoms with Crippen LogP contribution in [-0.2, 0) is 37.4 Å². The van der Waals surface area contributed by atoms with Gasteiger partial charge in [0.1, 0.15) is 6.10 Å². The second kappa shape index (κ2) is 10.1. The van der Waals surface area contributed by atoms with Gasteiger partial charge in [-0.25, -0.2) is 14.5 Å². The molecule has 2 aliphatic rings. The number of nitrogens with zero attached hydrogens (tertiary/aromatic N) is 5. The number of carbonyl (C=O) groups excluding carboxylic acids is 1. The van der Waals surface area contributed by atoms with Gasteiger partial charge in [-0.2, -0.15) is 4.98 Å². The lowest BCUT2D eigenvalue weighted by molar-refractivity contribution is -0.166. The zero-order valence-corrected chi connectivity index (χ0v) is 22.1. The van der Waals surface area contributed by atoms with Gasteiger partial charge in [0, 0.05) is 20.1 Å². The largest absolute Gasteiger partial charge is 0.464 e. The molecule has 1 unspecified atom stereocenters. The van der Waals surface area contributed by atoms with Crippen molar-refractivity contribution in [2.45, 2.75) is 57.1 Å². The molecule has 35 heavy (non-hydrogen) atoms. The maximum Gasteiger partial charge on any atom is 0.370 e. The molecule has 1 saturated carbocycles. The lowest BCUT2D eigenvalue weighted by Gasteiger charge is -2.26. The maximum atomic E-state index is 13.0. The summed E-state index contributed by atoms with van der Waals surface area (Å²) in [6, 6.07) is -0.375. The van der Waals surface area contributed by atoms with Crippen LogP contribution in [0.1, 0.15) is 33.2 Å². The van der Waals surface area contributed by atoms with Crippen molar-refractivity contribution < 1.29 is 37.4 Å². The molecule has 2 aromatic heterocycles. The first-order chi connectivity index (χ1) is 16.5. The molecule has 0 bridgehead atoms. The van der Waals surface area contributed by atoms with Crippen molar-refractivity contribution in [1.29, 1.82) is 0 Å². The molecule has 1 saturated heterocycles. The summed E-state index contributed by atoms with van der Waals surface area (Å²) in [5, 5.41) is 8.35. The van der Waals surface area contributed by atoms with Gasteiger partial charge in [0.05, 0.1) is 25.4 Å². The molecular weight excluding hydrogens is 528 g/mol. The summed E-state index contributed by atoms with van der Waals surface area (Å²) in [5.41, 5.74) is 0.648. The predicted octanol–water partition coefficient (Wildman–Crippen LogP) is 3.00. The van der Waals surface area contributed by atoms with E-state index in [2.05, 4.69) is 20.3 Å². The quantitative estimate of drug-likeness (QED) is 0.194. The lowest BCUT2D eigenvalue weighted by Crippen LogP contribution is -2.33. The van der Waals surface area contributed by atoms with Gasteiger partial charge in [0.15, 0.2) is 22.1 Å². The number of rotatable bonds is 9. The number of hydrogen-bond donors (Lipinski definition) is 0. The highest BCUT2D eigenvalue weighted by Crippen LogP contribution is 2.53. The summed E-state index contributed by atoms with van der Waals surface area (Å²) in [4.78, 5) is 20.6. The SMILES string of the molecule is CCOC(=O)C(OC[C@H]1C[C@@H](n2nnc3c(Cl)nc(Cl)nc32)[C@@H]2OC(C)(C)O[C@H]12)P(=O)(OC)OC. The first-order valence-electron chi connectivity index (χ1n) is 10.8. The molecule has 1 aliphatic carbocycles. The van der Waals surface area contributed by atoms with Crippen LogP contribution < -0.4 is 0 Å². The third-order valence-electron chi connectivity index (χ3n) is 5.87. The Labute approximate surface area is 211 Å². The fraction of sp³-hybridized carbons (Fsp3) is 0.737. The van der Waals surface area contributed by atoms with Gasteiger partial charge < -0.3 is 28.0 Å². The molecule has 0 radical (unpaired) electrons. The molecule has 0 N–H and O–H groups in total. The van der Waals surface area contributed by atoms with Crippen molar-refractivity contribution >= 4 is 47.9 Å². The van der Waals surface area contributed by atoms with Crippen molar-refractivity contribution in [2.75, 3.05) is 27.4 Å². The van der Waals surface area contributed by atoms with Crippen LogP contribution in [0, 0.1) is 5.92 Å². The van der Waals surface area contributed by atoms with E-state index in [1.165, 1.54) is 14.2 Å². The molecule has 4 rings (SSSR count). The van der Waals surface area contributed by atoms with Gasteiger partial charge in [0.25, 0.3) is 5.85 Å². The minimum Gasteiger partial charge on any atom is -0.464 e. The Morgan fingerprint density at radius 3 is 2.57 bits per heavy atom. The summed E-state index contributed by atoms with van der Waals surface area (Å²) in [5.74, 6) is -3.60. The molecule has 3 heterocycles. The van der Waals surface area contributed by atoms with Crippen LogP contribution in [0.15, 0.2) is 0 Å². The zero-order valence-electron chi connectivity index (χ0n) is 19.7. The highest BCUT2D eigenvalue weighted by atomic mass is 35.5. The molecule has 1 aliphatic heterocycles. The van der Waals surface area contributed by atoms with Crippen LogP contribution >= 0.6 is 30.8 Å². The first kappa shape index (κ1) is 26.6. The van der Waals surface area contributed by atoms with Crippen molar-refractivity contribution in [3.63, 3.8) is 0 Å². The minimum absolute atomic E-state index is 0.0274. The van der Waals surface area contributed by atoms with E-state index < -0.39 is 37.4 Å². The molecule has 0 amide bonds. The molecule has 0 aromatic carbocycles. The predicted molar refractivity (Wildman–Crippen MR) is 122 cm³/mol. The minimum atomic E-state index is -3.94. The Morgan fingerprint density at radius 1 is 1.23 bits per heavy atom. The number of aromatic nitrogens is 5. The van der Waals surface area contributed by atoms with E-state index in [-0.39, 0.29) is 35.6 Å². The smallest absolute Gasteiger partial charge is 0.370 e. The highest BCUT2D eigenvalue weighted by molar-refractivity contribution is 7.55. The number of esters is 1. The van der Waals surface area contributed by atoms with Crippen LogP contribution in [0.4, 0.5) is 0 Å². The Morgan fingerprint density at radius 2 is 1.91 bits per heavy atom. The van der Waals surface area contributed by atoms with Crippen LogP contribution in [0.5, 0.6) is 0 Å². The third kappa shape index (κ3) is 5.05. The monoisotopic (exact) mass is 553 g/mol. The average molecular weight is 554 g/mol. The van der Waals surface area contributed by atoms with E-state index in [4.69, 9.17) is 51.2 Å². The fourth-order valence-corrected chi connectivity index (χ4v) is 5.98. The highest BCUT2D eigenvalue weighted by Gasteiger charge is 2.56. The van der Waals surface area contributed by atoms with E-state index in [9.17, 15) is 9.36 Å². The first-order valence-corrected chi connectivity index (χ1v) is 13.2. The summed E-state index contributed by atoms with van der Waals surface area (Å²) in [6.45, 7) is 5.25. The van der Waals surface area contributed by atoms with Crippen LogP contribution in [0.2, 0.25) is 10.4 Å². The van der Waals surface area contributed by atoms with Crippen molar-refractivity contribution in [3.05, 3.63) is 10.4 Å². The number of ether oxygens (including phenoxy) is 4. The van der Waals surface area contributed by atoms with Gasteiger partial charge in [-0.05, 0) is 38.8 Å². The van der Waals surface area contributed by atoms with Gasteiger partial charge >= 0.3 is 13.6 Å². The Kier molecular flexibility index (Phi) is 7.71. The molecule has 2 aromatic rings. The summed E-state index contributed by atoms with van der Waals surface area (Å²) in [7, 11) is -1.59. The van der Waals surface area contributed by atoms with Crippen molar-refractivity contribution in [1.82, 2.24) is 25.0 Å². The topological polar surface area (TPSA) is 146 Å². The number of fused-ring (bicyclic) bond motifs is 2. The molecule has 2 fully saturated rings. The van der Waals surface area contributed by atoms with Crippen LogP contribution in [0.3, 0.4) is 0 Å². The van der Waals surface area contributed by atoms with E-state index in [0.717, 1.165) is 0 Å². The fourth-order valence-electron chi connectivity index (χ4n) is 4.44. The van der Waals surface area contributed by atoms with Crippen LogP contribution in [-0.4, -0.2) is 82.2 Å². The Balaban J connectivity index is 1.62. The second-order valence-electron chi connectivity index (χ2n) is 8.46. The van der Waals surface area contributed by atoms with E-state index in [0.29, 0.717) is 17.6 Å². The zero-order chi connectivity index (χ0) is 25.5. The molecule has 5 atom stereocenters. The standard InChI is InChI=1S/C19H26Cl2N5O8P/c1-6-31-16(27)17(35(28,29-4)30-5)32-8-9-7-10(13-12(9)33-19(2,3)34-13)26-15-11(24-25-26)14(20)22-18(21)23-15/h9-10,12-13,17H,6-8H2,1-5H3/t9-,10-,12-,13+,17?/m1/s1. The van der Waals surface area contributed by atoms with E-state index >= 15 is 0 Å². The summed E-state index contributed by atoms with van der Waals surface area (Å²) >= 11 is 12.2. The number of carbonyl (C=O) groups is 1. The van der Waals surface area contributed by atoms with E-state index in [1.807, 2.05) is 0 Å². The number of halogens is 2. The van der Waals surface area contributed by atoms with Crippen LogP contribution in [0.25, 0.3) is 11.2 Å². The average Bonchev–Trinajstić information content (AvgIpc) is 3.45.